The molecule has 62 heavy (non-hydrogen) atoms. The number of fused-ring (bicyclic) bond motifs is 2. The molecule has 1 unspecified atom stereocenters. The molecule has 6 aromatic rings. The molecule has 314 valence electrons. The van der Waals surface area contributed by atoms with Crippen LogP contribution >= 0.6 is 23.2 Å². The lowest BCUT2D eigenvalue weighted by molar-refractivity contribution is -0.146. The summed E-state index contributed by atoms with van der Waals surface area (Å²) < 4.78 is 24.1. The number of carbonyl (C=O) groups excluding carboxylic acids is 2. The smallest absolute Gasteiger partial charge is 0.328 e. The highest BCUT2D eigenvalue weighted by atomic mass is 35.5. The van der Waals surface area contributed by atoms with Crippen molar-refractivity contribution in [3.05, 3.63) is 182 Å². The number of halogens is 2. The van der Waals surface area contributed by atoms with Crippen LogP contribution in [-0.2, 0) is 40.3 Å². The molecule has 0 fully saturated rings. The number of carbonyl (C=O) groups is 2. The van der Waals surface area contributed by atoms with E-state index in [4.69, 9.17) is 42.1 Å². The van der Waals surface area contributed by atoms with Gasteiger partial charge in [-0.25, -0.2) is 4.79 Å². The van der Waals surface area contributed by atoms with E-state index in [0.717, 1.165) is 50.9 Å². The van der Waals surface area contributed by atoms with Gasteiger partial charge >= 0.3 is 5.97 Å². The lowest BCUT2D eigenvalue weighted by Gasteiger charge is -2.42. The Bertz CT molecular complexity index is 2580. The van der Waals surface area contributed by atoms with Gasteiger partial charge in [-0.15, -0.1) is 0 Å². The number of hydrogen-bond acceptors (Lipinski definition) is 8. The molecule has 0 saturated heterocycles. The van der Waals surface area contributed by atoms with Crippen molar-refractivity contribution in [2.24, 2.45) is 0 Å². The molecule has 4 atom stereocenters. The second-order valence-corrected chi connectivity index (χ2v) is 16.3. The van der Waals surface area contributed by atoms with Crippen LogP contribution in [0.3, 0.4) is 0 Å². The lowest BCUT2D eigenvalue weighted by atomic mass is 9.89. The van der Waals surface area contributed by atoms with E-state index in [0.29, 0.717) is 59.0 Å². The molecular formula is C51H45Cl2N3O6. The number of hydrogen-bond donors (Lipinski definition) is 1. The third-order valence-corrected chi connectivity index (χ3v) is 12.3. The molecule has 0 bridgehead atoms. The summed E-state index contributed by atoms with van der Waals surface area (Å²) in [4.78, 5) is 30.1. The summed E-state index contributed by atoms with van der Waals surface area (Å²) in [7, 11) is 1.34. The van der Waals surface area contributed by atoms with E-state index in [2.05, 4.69) is 35.3 Å². The molecule has 0 aromatic heterocycles. The Kier molecular flexibility index (Phi) is 13.1. The SMILES string of the molecule is CC[C@@H](c1ccccc1)N1Cc2cc3c(cc2C[C@H]1C(=O)NC(Cc1ccc(-c2ccc(C#N)cc2)cc1)C(=O)OC)OC[C@H](c1ccc(OCc2ccc(Cl)c(Cl)c2)cc1)O3. The van der Waals surface area contributed by atoms with Gasteiger partial charge in [0.25, 0.3) is 0 Å². The Balaban J connectivity index is 0.996. The van der Waals surface area contributed by atoms with Crippen LogP contribution in [0.4, 0.5) is 0 Å². The van der Waals surface area contributed by atoms with E-state index in [1.807, 2.05) is 97.1 Å². The Hall–Kier alpha value is -6.31. The topological polar surface area (TPSA) is 110 Å². The van der Waals surface area contributed by atoms with Gasteiger partial charge < -0.3 is 24.3 Å². The standard InChI is InChI=1S/C51H45Cl2N3O6/c1-3-45(37-7-5-4-6-8-37)56-29-40-27-48-47(61-31-49(62-48)38-18-20-41(21-19-38)60-30-34-13-22-42(52)43(53)23-34)26-39(40)25-46(56)50(57)55-44(51(58)59-2)24-32-9-14-35(15-10-32)36-16-11-33(28-54)12-17-36/h4-23,26-27,44-46,49H,3,24-25,29-31H2,1-2H3,(H,55,57)/t44?,45-,46-,49+/m0/s1. The fourth-order valence-electron chi connectivity index (χ4n) is 8.23. The van der Waals surface area contributed by atoms with E-state index in [-0.39, 0.29) is 24.5 Å². The summed E-state index contributed by atoms with van der Waals surface area (Å²) in [6.07, 6.45) is 1.08. The first kappa shape index (κ1) is 42.4. The molecule has 0 radical (unpaired) electrons. The highest BCUT2D eigenvalue weighted by molar-refractivity contribution is 6.42. The average Bonchev–Trinajstić information content (AvgIpc) is 3.31. The number of amides is 1. The first-order valence-electron chi connectivity index (χ1n) is 20.6. The number of ether oxygens (including phenoxy) is 4. The Labute approximate surface area is 371 Å². The molecule has 9 nitrogen and oxygen atoms in total. The Morgan fingerprint density at radius 2 is 1.53 bits per heavy atom. The predicted octanol–water partition coefficient (Wildman–Crippen LogP) is 10.4. The molecule has 1 amide bonds. The summed E-state index contributed by atoms with van der Waals surface area (Å²) in [6, 6.07) is 43.2. The van der Waals surface area contributed by atoms with Crippen molar-refractivity contribution in [2.45, 2.75) is 63.6 Å². The fourth-order valence-corrected chi connectivity index (χ4v) is 8.55. The van der Waals surface area contributed by atoms with Crippen molar-refractivity contribution in [3.63, 3.8) is 0 Å². The van der Waals surface area contributed by atoms with Gasteiger partial charge in [-0.05, 0) is 106 Å². The molecule has 11 heteroatoms. The van der Waals surface area contributed by atoms with Crippen LogP contribution in [0.15, 0.2) is 133 Å². The molecular weight excluding hydrogens is 821 g/mol. The zero-order valence-electron chi connectivity index (χ0n) is 34.4. The average molecular weight is 867 g/mol. The van der Waals surface area contributed by atoms with Crippen LogP contribution in [0, 0.1) is 11.3 Å². The minimum Gasteiger partial charge on any atom is -0.489 e. The summed E-state index contributed by atoms with van der Waals surface area (Å²) in [5, 5.41) is 13.2. The van der Waals surface area contributed by atoms with Gasteiger partial charge in [0.1, 0.15) is 25.0 Å². The number of nitriles is 1. The summed E-state index contributed by atoms with van der Waals surface area (Å²) in [5.41, 5.74) is 8.41. The quantitative estimate of drug-likeness (QED) is 0.114. The lowest BCUT2D eigenvalue weighted by Crippen LogP contribution is -2.55. The van der Waals surface area contributed by atoms with E-state index in [1.165, 1.54) is 7.11 Å². The Morgan fingerprint density at radius 1 is 0.839 bits per heavy atom. The first-order valence-corrected chi connectivity index (χ1v) is 21.4. The van der Waals surface area contributed by atoms with Crippen LogP contribution in [0.1, 0.15) is 64.4 Å². The second kappa shape index (κ2) is 19.2. The first-order chi connectivity index (χ1) is 30.2. The van der Waals surface area contributed by atoms with Crippen molar-refractivity contribution >= 4 is 35.1 Å². The molecule has 2 aliphatic heterocycles. The highest BCUT2D eigenvalue weighted by Crippen LogP contribution is 2.43. The van der Waals surface area contributed by atoms with Gasteiger partial charge in [-0.1, -0.05) is 115 Å². The monoisotopic (exact) mass is 865 g/mol. The largest absolute Gasteiger partial charge is 0.489 e. The van der Waals surface area contributed by atoms with Gasteiger partial charge in [-0.3, -0.25) is 9.69 Å². The molecule has 8 rings (SSSR count). The number of nitrogens with zero attached hydrogens (tertiary/aromatic N) is 2. The van der Waals surface area contributed by atoms with Gasteiger partial charge in [0.15, 0.2) is 17.6 Å². The summed E-state index contributed by atoms with van der Waals surface area (Å²) in [6.45, 7) is 3.27. The molecule has 6 aromatic carbocycles. The predicted molar refractivity (Wildman–Crippen MR) is 239 cm³/mol. The molecule has 0 spiro atoms. The third-order valence-electron chi connectivity index (χ3n) is 11.6. The Morgan fingerprint density at radius 3 is 2.21 bits per heavy atom. The molecule has 0 aliphatic carbocycles. The van der Waals surface area contributed by atoms with Gasteiger partial charge in [0.2, 0.25) is 5.91 Å². The number of methoxy groups -OCH3 is 1. The summed E-state index contributed by atoms with van der Waals surface area (Å²) in [5.74, 6) is 1.20. The van der Waals surface area contributed by atoms with Crippen LogP contribution in [0.25, 0.3) is 11.1 Å². The van der Waals surface area contributed by atoms with Gasteiger partial charge in [0, 0.05) is 19.0 Å². The minimum atomic E-state index is -0.909. The normalized spacial score (nSPS) is 16.6. The van der Waals surface area contributed by atoms with Crippen LogP contribution < -0.4 is 19.5 Å². The van der Waals surface area contributed by atoms with Crippen molar-refractivity contribution in [2.75, 3.05) is 13.7 Å². The maximum atomic E-state index is 14.6. The zero-order chi connectivity index (χ0) is 43.2. The van der Waals surface area contributed by atoms with Crippen LogP contribution in [0.2, 0.25) is 10.0 Å². The highest BCUT2D eigenvalue weighted by Gasteiger charge is 2.39. The van der Waals surface area contributed by atoms with Gasteiger partial charge in [0.05, 0.1) is 34.8 Å². The maximum Gasteiger partial charge on any atom is 0.328 e. The van der Waals surface area contributed by atoms with Crippen molar-refractivity contribution < 1.29 is 28.5 Å². The maximum absolute atomic E-state index is 14.6. The molecule has 1 N–H and O–H groups in total. The molecule has 0 saturated carbocycles. The third kappa shape index (κ3) is 9.59. The second-order valence-electron chi connectivity index (χ2n) is 15.5. The van der Waals surface area contributed by atoms with E-state index < -0.39 is 18.1 Å². The minimum absolute atomic E-state index is 0.0789. The van der Waals surface area contributed by atoms with E-state index in [1.54, 1.807) is 24.3 Å². The number of nitrogens with one attached hydrogen (secondary N) is 1. The summed E-state index contributed by atoms with van der Waals surface area (Å²) >= 11 is 12.2. The van der Waals surface area contributed by atoms with Gasteiger partial charge in [-0.2, -0.15) is 5.26 Å². The number of esters is 1. The van der Waals surface area contributed by atoms with E-state index in [9.17, 15) is 14.9 Å². The fraction of sp³-hybridized carbons (Fsp3) is 0.235. The number of rotatable bonds is 13. The van der Waals surface area contributed by atoms with Crippen molar-refractivity contribution in [1.82, 2.24) is 10.2 Å². The van der Waals surface area contributed by atoms with Crippen molar-refractivity contribution in [1.29, 1.82) is 5.26 Å². The van der Waals surface area contributed by atoms with Crippen molar-refractivity contribution in [3.8, 4) is 34.4 Å². The molecule has 2 heterocycles. The van der Waals surface area contributed by atoms with Crippen LogP contribution in [-0.4, -0.2) is 42.6 Å². The number of benzene rings is 6. The van der Waals surface area contributed by atoms with Crippen LogP contribution in [0.5, 0.6) is 17.2 Å². The zero-order valence-corrected chi connectivity index (χ0v) is 35.9. The molecule has 2 aliphatic rings. The van der Waals surface area contributed by atoms with E-state index >= 15 is 0 Å².